The van der Waals surface area contributed by atoms with Gasteiger partial charge in [-0.05, 0) is 115 Å². The van der Waals surface area contributed by atoms with Crippen LogP contribution in [0.15, 0.2) is 60.7 Å². The van der Waals surface area contributed by atoms with Gasteiger partial charge in [-0.25, -0.2) is 0 Å². The number of nitrogens with zero attached hydrogens (tertiary/aromatic N) is 2. The topological polar surface area (TPSA) is 59.1 Å². The number of hydrogen-bond acceptors (Lipinski definition) is 6. The average molecular weight is 675 g/mol. The highest BCUT2D eigenvalue weighted by Gasteiger charge is 2.70. The fourth-order valence-corrected chi connectivity index (χ4v) is 9.93. The lowest BCUT2D eigenvalue weighted by atomic mass is 9.47. The molecule has 0 saturated carbocycles. The monoisotopic (exact) mass is 675 g/mol. The van der Waals surface area contributed by atoms with Gasteiger partial charge >= 0.3 is 11.9 Å². The smallest absolute Gasteiger partial charge is 0.324 e. The van der Waals surface area contributed by atoms with Crippen LogP contribution in [0.5, 0.6) is 0 Å². The van der Waals surface area contributed by atoms with Crippen molar-refractivity contribution in [2.24, 2.45) is 29.1 Å². The molecule has 0 spiro atoms. The second kappa shape index (κ2) is 14.9. The molecule has 2 aromatic rings. The molecule has 8 atom stereocenters. The number of benzene rings is 2. The van der Waals surface area contributed by atoms with E-state index in [-0.39, 0.29) is 59.0 Å². The lowest BCUT2D eigenvalue weighted by Crippen LogP contribution is -2.73. The van der Waals surface area contributed by atoms with Gasteiger partial charge in [-0.2, -0.15) is 0 Å². The highest BCUT2D eigenvalue weighted by Crippen LogP contribution is 2.62. The lowest BCUT2D eigenvalue weighted by Gasteiger charge is -2.66. The van der Waals surface area contributed by atoms with E-state index >= 15 is 9.59 Å². The predicted octanol–water partition coefficient (Wildman–Crippen LogP) is 9.31. The number of carbonyl (C=O) groups excluding carboxylic acids is 2. The van der Waals surface area contributed by atoms with Crippen molar-refractivity contribution in [3.05, 3.63) is 71.8 Å². The SMILES string of the molecule is CCC1(C)CC(C(C(=O)OCc2ccccc2)(C(=O)OCc2ccccc2)C2CC(C)(CC)N(C)C(C)(CC)C2C)C(C)C(C)(CC)N1C. The fraction of sp³-hybridized carbons (Fsp3) is 0.674. The van der Waals surface area contributed by atoms with Gasteiger partial charge in [0, 0.05) is 22.2 Å². The third-order valence-electron chi connectivity index (χ3n) is 14.9. The fourth-order valence-electron chi connectivity index (χ4n) is 9.93. The van der Waals surface area contributed by atoms with Crippen LogP contribution in [0.25, 0.3) is 0 Å². The van der Waals surface area contributed by atoms with Gasteiger partial charge in [0.15, 0.2) is 5.41 Å². The first-order valence-electron chi connectivity index (χ1n) is 19.0. The van der Waals surface area contributed by atoms with Crippen LogP contribution >= 0.6 is 0 Å². The summed E-state index contributed by atoms with van der Waals surface area (Å²) < 4.78 is 12.9. The molecule has 2 aromatic carbocycles. The Hall–Kier alpha value is -2.70. The van der Waals surface area contributed by atoms with Crippen molar-refractivity contribution in [1.82, 2.24) is 9.80 Å². The van der Waals surface area contributed by atoms with Crippen molar-refractivity contribution in [2.75, 3.05) is 14.1 Å². The first-order chi connectivity index (χ1) is 23.0. The Morgan fingerprint density at radius 1 is 0.633 bits per heavy atom. The van der Waals surface area contributed by atoms with E-state index < -0.39 is 17.4 Å². The van der Waals surface area contributed by atoms with Crippen LogP contribution in [0, 0.1) is 29.1 Å². The molecule has 6 nitrogen and oxygen atoms in total. The van der Waals surface area contributed by atoms with Crippen LogP contribution in [0.2, 0.25) is 0 Å². The van der Waals surface area contributed by atoms with Crippen LogP contribution in [0.3, 0.4) is 0 Å². The van der Waals surface area contributed by atoms with Gasteiger partial charge in [-0.1, -0.05) is 102 Å². The van der Waals surface area contributed by atoms with E-state index in [4.69, 9.17) is 9.47 Å². The molecule has 272 valence electrons. The predicted molar refractivity (Wildman–Crippen MR) is 200 cm³/mol. The van der Waals surface area contributed by atoms with Gasteiger partial charge in [-0.15, -0.1) is 0 Å². The summed E-state index contributed by atoms with van der Waals surface area (Å²) in [6, 6.07) is 19.7. The van der Waals surface area contributed by atoms with Crippen LogP contribution in [0.4, 0.5) is 0 Å². The first kappa shape index (κ1) is 39.1. The van der Waals surface area contributed by atoms with E-state index in [9.17, 15) is 0 Å². The van der Waals surface area contributed by atoms with Gasteiger partial charge in [0.2, 0.25) is 0 Å². The molecule has 49 heavy (non-hydrogen) atoms. The highest BCUT2D eigenvalue weighted by atomic mass is 16.6. The lowest BCUT2D eigenvalue weighted by molar-refractivity contribution is -0.216. The summed E-state index contributed by atoms with van der Waals surface area (Å²) in [5.41, 5.74) is -0.686. The summed E-state index contributed by atoms with van der Waals surface area (Å²) in [5, 5.41) is 0. The molecule has 2 saturated heterocycles. The molecule has 0 bridgehead atoms. The second-order valence-electron chi connectivity index (χ2n) is 16.4. The standard InChI is InChI=1S/C43H66N2O4/c1-13-39(7)27-35(31(5)41(9,15-3)44(39)11)43(37(46)48-29-33-23-19-17-20-24-33,38(47)49-30-34-25-21-18-22-26-34)36-28-40(8,14-2)45(12)42(10,16-4)32(36)6/h17-26,31-32,35-36H,13-16,27-30H2,1-12H3. The summed E-state index contributed by atoms with van der Waals surface area (Å²) in [5.74, 6) is -1.45. The Kier molecular flexibility index (Phi) is 11.9. The number of piperidine rings is 2. The second-order valence-corrected chi connectivity index (χ2v) is 16.4. The first-order valence-corrected chi connectivity index (χ1v) is 19.0. The largest absolute Gasteiger partial charge is 0.460 e. The normalized spacial score (nSPS) is 34.4. The van der Waals surface area contributed by atoms with Crippen molar-refractivity contribution in [1.29, 1.82) is 0 Å². The molecule has 0 amide bonds. The maximum atomic E-state index is 15.6. The van der Waals surface area contributed by atoms with Gasteiger partial charge < -0.3 is 9.47 Å². The molecule has 8 unspecified atom stereocenters. The highest BCUT2D eigenvalue weighted by molar-refractivity contribution is 6.01. The van der Waals surface area contributed by atoms with E-state index in [2.05, 4.69) is 93.1 Å². The number of ether oxygens (including phenoxy) is 2. The van der Waals surface area contributed by atoms with Gasteiger partial charge in [0.25, 0.3) is 0 Å². The van der Waals surface area contributed by atoms with Crippen LogP contribution < -0.4 is 0 Å². The summed E-state index contributed by atoms with van der Waals surface area (Å²) in [4.78, 5) is 36.3. The minimum Gasteiger partial charge on any atom is -0.460 e. The Morgan fingerprint density at radius 3 is 1.24 bits per heavy atom. The maximum Gasteiger partial charge on any atom is 0.324 e. The Bertz CT molecular complexity index is 1310. The summed E-state index contributed by atoms with van der Waals surface area (Å²) in [6.45, 7) is 23.1. The summed E-state index contributed by atoms with van der Waals surface area (Å²) in [7, 11) is 4.48. The quantitative estimate of drug-likeness (QED) is 0.165. The summed E-state index contributed by atoms with van der Waals surface area (Å²) >= 11 is 0. The minimum absolute atomic E-state index is 0.00305. The molecule has 0 N–H and O–H groups in total. The van der Waals surface area contributed by atoms with Gasteiger partial charge in [0.1, 0.15) is 13.2 Å². The number of carbonyl (C=O) groups is 2. The molecule has 2 aliphatic rings. The molecule has 0 radical (unpaired) electrons. The molecular weight excluding hydrogens is 608 g/mol. The zero-order chi connectivity index (χ0) is 36.4. The van der Waals surface area contributed by atoms with Gasteiger partial charge in [0.05, 0.1) is 0 Å². The third kappa shape index (κ3) is 6.62. The third-order valence-corrected chi connectivity index (χ3v) is 14.9. The van der Waals surface area contributed by atoms with Crippen molar-refractivity contribution in [3.63, 3.8) is 0 Å². The van der Waals surface area contributed by atoms with Crippen LogP contribution in [0.1, 0.15) is 119 Å². The van der Waals surface area contributed by atoms with Gasteiger partial charge in [-0.3, -0.25) is 19.4 Å². The number of rotatable bonds is 12. The van der Waals surface area contributed by atoms with Crippen LogP contribution in [-0.2, 0) is 32.3 Å². The minimum atomic E-state index is -1.52. The molecule has 6 heteroatoms. The van der Waals surface area contributed by atoms with Crippen LogP contribution in [-0.4, -0.2) is 58.0 Å². The van der Waals surface area contributed by atoms with Crippen molar-refractivity contribution in [3.8, 4) is 0 Å². The zero-order valence-electron chi connectivity index (χ0n) is 32.8. The molecule has 0 aliphatic carbocycles. The zero-order valence-corrected chi connectivity index (χ0v) is 32.8. The van der Waals surface area contributed by atoms with E-state index in [0.717, 1.165) is 36.8 Å². The average Bonchev–Trinajstić information content (AvgIpc) is 3.13. The molecule has 4 rings (SSSR count). The molecule has 2 fully saturated rings. The van der Waals surface area contributed by atoms with Crippen molar-refractivity contribution >= 4 is 11.9 Å². The summed E-state index contributed by atoms with van der Waals surface area (Å²) in [6.07, 6.45) is 4.99. The Balaban J connectivity index is 2.03. The van der Waals surface area contributed by atoms with Crippen molar-refractivity contribution in [2.45, 2.75) is 143 Å². The maximum absolute atomic E-state index is 15.6. The number of hydrogen-bond donors (Lipinski definition) is 0. The molecular formula is C43H66N2O4. The molecule has 2 heterocycles. The Morgan fingerprint density at radius 2 is 0.959 bits per heavy atom. The number of esters is 2. The molecule has 0 aromatic heterocycles. The van der Waals surface area contributed by atoms with E-state index in [0.29, 0.717) is 12.8 Å². The van der Waals surface area contributed by atoms with Crippen molar-refractivity contribution < 1.29 is 19.1 Å². The Labute approximate surface area is 298 Å². The van der Waals surface area contributed by atoms with E-state index in [1.807, 2.05) is 60.7 Å². The molecule has 2 aliphatic heterocycles. The number of likely N-dealkylation sites (tertiary alicyclic amines) is 2. The van der Waals surface area contributed by atoms with E-state index in [1.165, 1.54) is 0 Å². The van der Waals surface area contributed by atoms with E-state index in [1.54, 1.807) is 0 Å².